The zero-order valence-corrected chi connectivity index (χ0v) is 32.0. The molecule has 4 heteroatoms. The number of rotatable bonds is 3. The second-order valence-electron chi connectivity index (χ2n) is 15.9. The van der Waals surface area contributed by atoms with Crippen LogP contribution in [0.25, 0.3) is 33.4 Å². The van der Waals surface area contributed by atoms with E-state index in [1.807, 2.05) is 0 Å². The van der Waals surface area contributed by atoms with E-state index in [1.54, 1.807) is 0 Å². The minimum atomic E-state index is -0.489. The quantitative estimate of drug-likeness (QED) is 0.168. The first-order valence-electron chi connectivity index (χ1n) is 20.4. The van der Waals surface area contributed by atoms with Crippen molar-refractivity contribution in [2.75, 3.05) is 4.90 Å². The van der Waals surface area contributed by atoms with Crippen LogP contribution in [0.3, 0.4) is 0 Å². The van der Waals surface area contributed by atoms with Crippen molar-refractivity contribution in [2.45, 2.75) is 5.41 Å². The molecule has 0 fully saturated rings. The van der Waals surface area contributed by atoms with Gasteiger partial charge in [-0.05, 0) is 90.8 Å². The van der Waals surface area contributed by atoms with Crippen LogP contribution < -0.4 is 30.8 Å². The number of ether oxygens (including phenoxy) is 2. The lowest BCUT2D eigenvalue weighted by atomic mass is 9.34. The molecule has 0 amide bonds. The van der Waals surface area contributed by atoms with Gasteiger partial charge in [0.25, 0.3) is 6.71 Å². The molecule has 0 atom stereocenters. The van der Waals surface area contributed by atoms with Gasteiger partial charge in [-0.2, -0.15) is 0 Å². The summed E-state index contributed by atoms with van der Waals surface area (Å²) in [6.07, 6.45) is 0. The van der Waals surface area contributed by atoms with Crippen LogP contribution >= 0.6 is 0 Å². The van der Waals surface area contributed by atoms with E-state index in [-0.39, 0.29) is 6.71 Å². The van der Waals surface area contributed by atoms with Gasteiger partial charge in [0, 0.05) is 17.6 Å². The highest BCUT2D eigenvalue weighted by molar-refractivity contribution is 6.98. The highest BCUT2D eigenvalue weighted by atomic mass is 16.5. The molecule has 9 aromatic carbocycles. The number of hydrogen-bond acceptors (Lipinski definition) is 3. The fraction of sp³-hybridized carbons (Fsp3) is 0.0182. The molecule has 0 saturated heterocycles. The van der Waals surface area contributed by atoms with Gasteiger partial charge in [-0.3, -0.25) is 0 Å². The van der Waals surface area contributed by atoms with Crippen LogP contribution in [-0.4, -0.2) is 6.71 Å². The molecule has 1 aliphatic carbocycles. The molecule has 9 aromatic rings. The zero-order chi connectivity index (χ0) is 38.7. The van der Waals surface area contributed by atoms with Crippen molar-refractivity contribution in [3.8, 4) is 56.4 Å². The van der Waals surface area contributed by atoms with Crippen molar-refractivity contribution < 1.29 is 9.47 Å². The Bertz CT molecular complexity index is 2980. The van der Waals surface area contributed by atoms with Gasteiger partial charge in [-0.15, -0.1) is 0 Å². The van der Waals surface area contributed by atoms with Crippen LogP contribution in [0.4, 0.5) is 17.1 Å². The summed E-state index contributed by atoms with van der Waals surface area (Å²) in [5.41, 5.74) is 18.3. The molecule has 0 radical (unpaired) electrons. The van der Waals surface area contributed by atoms with E-state index >= 15 is 0 Å². The summed E-state index contributed by atoms with van der Waals surface area (Å²) >= 11 is 0. The van der Waals surface area contributed by atoms with Crippen LogP contribution in [-0.2, 0) is 5.41 Å². The lowest BCUT2D eigenvalue weighted by Crippen LogP contribution is -2.57. The van der Waals surface area contributed by atoms with E-state index in [4.69, 9.17) is 9.47 Å². The van der Waals surface area contributed by atoms with Crippen LogP contribution in [0, 0.1) is 0 Å². The largest absolute Gasteiger partial charge is 0.458 e. The minimum Gasteiger partial charge on any atom is -0.458 e. The van der Waals surface area contributed by atoms with Crippen molar-refractivity contribution >= 4 is 40.2 Å². The average molecular weight is 752 g/mol. The fourth-order valence-corrected chi connectivity index (χ4v) is 10.6. The van der Waals surface area contributed by atoms with E-state index in [1.165, 1.54) is 33.4 Å². The van der Waals surface area contributed by atoms with Gasteiger partial charge in [0.15, 0.2) is 0 Å². The fourth-order valence-electron chi connectivity index (χ4n) is 10.6. The molecule has 0 N–H and O–H groups in total. The number of nitrogens with zero attached hydrogens (tertiary/aromatic N) is 1. The summed E-state index contributed by atoms with van der Waals surface area (Å²) in [5, 5.41) is 0. The third-order valence-corrected chi connectivity index (χ3v) is 13.0. The Hall–Kier alpha value is -7.56. The van der Waals surface area contributed by atoms with Crippen LogP contribution in [0.15, 0.2) is 206 Å². The number of benzene rings is 9. The van der Waals surface area contributed by atoms with E-state index in [0.717, 1.165) is 78.7 Å². The van der Waals surface area contributed by atoms with Gasteiger partial charge in [0.2, 0.25) is 0 Å². The van der Waals surface area contributed by atoms with E-state index in [2.05, 4.69) is 211 Å². The molecule has 0 aromatic heterocycles. The molecule has 0 bridgehead atoms. The maximum atomic E-state index is 7.08. The smallest absolute Gasteiger partial charge is 0.260 e. The summed E-state index contributed by atoms with van der Waals surface area (Å²) in [6.45, 7) is -0.0631. The van der Waals surface area contributed by atoms with Crippen LogP contribution in [0.1, 0.15) is 22.3 Å². The third kappa shape index (κ3) is 4.49. The highest BCUT2D eigenvalue weighted by Crippen LogP contribution is 2.63. The van der Waals surface area contributed by atoms with E-state index < -0.39 is 5.41 Å². The topological polar surface area (TPSA) is 21.7 Å². The molecule has 59 heavy (non-hydrogen) atoms. The summed E-state index contributed by atoms with van der Waals surface area (Å²) in [4.78, 5) is 2.42. The Morgan fingerprint density at radius 1 is 0.356 bits per heavy atom. The third-order valence-electron chi connectivity index (χ3n) is 13.0. The van der Waals surface area contributed by atoms with E-state index in [9.17, 15) is 0 Å². The van der Waals surface area contributed by atoms with Crippen LogP contribution in [0.5, 0.6) is 23.0 Å². The summed E-state index contributed by atoms with van der Waals surface area (Å²) in [7, 11) is 0. The maximum absolute atomic E-state index is 7.08. The Morgan fingerprint density at radius 2 is 0.780 bits per heavy atom. The van der Waals surface area contributed by atoms with Crippen molar-refractivity contribution in [2.24, 2.45) is 0 Å². The van der Waals surface area contributed by atoms with Gasteiger partial charge in [0.05, 0.1) is 22.5 Å². The summed E-state index contributed by atoms with van der Waals surface area (Å²) < 4.78 is 14.2. The molecule has 0 saturated carbocycles. The molecule has 4 aliphatic rings. The first-order valence-corrected chi connectivity index (χ1v) is 20.4. The molecule has 3 heterocycles. The number of hydrogen-bond donors (Lipinski definition) is 0. The Kier molecular flexibility index (Phi) is 6.74. The standard InChI is InChI=1S/C55H34BNO2/c1-3-15-35(16-4-1)37-27-29-46-50(31-37)58-52-33-39(34-53-54(52)56(46)47-30-28-38(32-51(47)59-53)36-17-5-2-6-18-36)57-48-25-13-11-23-44(48)55(45-24-12-14-26-49(45)57)42-21-9-7-19-40(42)41-20-8-10-22-43(41)55/h1-34H. The lowest BCUT2D eigenvalue weighted by molar-refractivity contribution is 0.465. The summed E-state index contributed by atoms with van der Waals surface area (Å²) in [5.74, 6) is 3.35. The molecule has 274 valence electrons. The molecular formula is C55H34BNO2. The SMILES string of the molecule is c1ccc(-c2ccc3c(c2)Oc2cc(N4c5ccccc5C5(c6ccccc6-c6ccccc65)c5ccccc54)cc4c2B3c2ccc(-c3ccccc3)cc2O4)cc1. The second-order valence-corrected chi connectivity index (χ2v) is 15.9. The number of para-hydroxylation sites is 2. The molecule has 3 nitrogen and oxygen atoms in total. The van der Waals surface area contributed by atoms with Crippen molar-refractivity contribution in [1.82, 2.24) is 0 Å². The van der Waals surface area contributed by atoms with Gasteiger partial charge < -0.3 is 14.4 Å². The highest BCUT2D eigenvalue weighted by Gasteiger charge is 2.52. The van der Waals surface area contributed by atoms with E-state index in [0.29, 0.717) is 0 Å². The van der Waals surface area contributed by atoms with Crippen molar-refractivity contribution in [3.05, 3.63) is 229 Å². The molecule has 13 rings (SSSR count). The first-order chi connectivity index (χ1) is 29.3. The number of fused-ring (bicyclic) bond motifs is 13. The Morgan fingerprint density at radius 3 is 1.27 bits per heavy atom. The zero-order valence-electron chi connectivity index (χ0n) is 32.0. The number of anilines is 3. The predicted molar refractivity (Wildman–Crippen MR) is 241 cm³/mol. The van der Waals surface area contributed by atoms with Gasteiger partial charge >= 0.3 is 0 Å². The Labute approximate surface area is 343 Å². The lowest BCUT2D eigenvalue weighted by Gasteiger charge is -2.45. The first kappa shape index (κ1) is 32.5. The van der Waals surface area contributed by atoms with Gasteiger partial charge in [-0.1, -0.05) is 170 Å². The van der Waals surface area contributed by atoms with Gasteiger partial charge in [-0.25, -0.2) is 0 Å². The second kappa shape index (κ2) is 12.2. The van der Waals surface area contributed by atoms with Crippen molar-refractivity contribution in [3.63, 3.8) is 0 Å². The van der Waals surface area contributed by atoms with Gasteiger partial charge in [0.1, 0.15) is 23.0 Å². The Balaban J connectivity index is 1.04. The average Bonchev–Trinajstić information content (AvgIpc) is 3.60. The van der Waals surface area contributed by atoms with Crippen LogP contribution in [0.2, 0.25) is 0 Å². The monoisotopic (exact) mass is 751 g/mol. The summed E-state index contributed by atoms with van der Waals surface area (Å²) in [6, 6.07) is 74.7. The maximum Gasteiger partial charge on any atom is 0.260 e. The minimum absolute atomic E-state index is 0.0631. The van der Waals surface area contributed by atoms with Crippen molar-refractivity contribution in [1.29, 1.82) is 0 Å². The molecule has 0 unspecified atom stereocenters. The molecule has 1 spiro atoms. The molecular weight excluding hydrogens is 717 g/mol. The molecule has 3 aliphatic heterocycles. The normalized spacial score (nSPS) is 14.1. The predicted octanol–water partition coefficient (Wildman–Crippen LogP) is 11.9.